The van der Waals surface area contributed by atoms with Gasteiger partial charge in [0.05, 0.1) is 18.4 Å². The molecule has 0 saturated carbocycles. The number of para-hydroxylation sites is 1. The van der Waals surface area contributed by atoms with E-state index < -0.39 is 54.5 Å². The van der Waals surface area contributed by atoms with E-state index in [4.69, 9.17) is 23.7 Å². The molecule has 0 radical (unpaired) electrons. The van der Waals surface area contributed by atoms with Crippen molar-refractivity contribution in [3.8, 4) is 0 Å². The van der Waals surface area contributed by atoms with Gasteiger partial charge in [0.15, 0.2) is 24.5 Å². The first-order valence-electron chi connectivity index (χ1n) is 14.4. The van der Waals surface area contributed by atoms with E-state index >= 15 is 0 Å². The lowest BCUT2D eigenvalue weighted by molar-refractivity contribution is -0.270. The molecule has 1 amide bonds. The minimum Gasteiger partial charge on any atom is -0.463 e. The Hall–Kier alpha value is -5.37. The standard InChI is InChI=1S/C32H32N4O10/c1-18(37)42-17-27-28(43-19(2)38)29(44-20(3)39)30(45-21(4)40)32(46-27)36-16-23(33-34-36)15-35-26-13-9-8-12-24(26)25(31(35)41)14-22-10-6-5-7-11-22/h5-14,16,27-30,32H,15,17H2,1-4H3/b25-14-/t27-,28-,29+,30-,32-/m1/s1. The Morgan fingerprint density at radius 1 is 0.826 bits per heavy atom. The normalized spacial score (nSPS) is 23.0. The largest absolute Gasteiger partial charge is 0.463 e. The summed E-state index contributed by atoms with van der Waals surface area (Å²) >= 11 is 0. The summed E-state index contributed by atoms with van der Waals surface area (Å²) in [5.74, 6) is -3.10. The average Bonchev–Trinajstić information content (AvgIpc) is 3.57. The fraction of sp³-hybridized carbons (Fsp3) is 0.344. The van der Waals surface area contributed by atoms with Crippen LogP contribution < -0.4 is 4.90 Å². The highest BCUT2D eigenvalue weighted by molar-refractivity contribution is 6.35. The maximum absolute atomic E-state index is 13.7. The van der Waals surface area contributed by atoms with Crippen LogP contribution >= 0.6 is 0 Å². The van der Waals surface area contributed by atoms with E-state index in [-0.39, 0.29) is 19.1 Å². The Balaban J connectivity index is 1.47. The SMILES string of the molecule is CC(=O)OC[C@H]1O[C@@H](n2cc(CN3C(=O)/C(=C\c4ccccc4)c4ccccc43)nn2)[C@H](OC(C)=O)[C@@H](OC(C)=O)[C@@H]1OC(C)=O. The first kappa shape index (κ1) is 32.0. The maximum atomic E-state index is 13.7. The molecule has 0 bridgehead atoms. The molecule has 46 heavy (non-hydrogen) atoms. The fourth-order valence-corrected chi connectivity index (χ4v) is 5.41. The molecule has 1 saturated heterocycles. The van der Waals surface area contributed by atoms with Gasteiger partial charge in [0.2, 0.25) is 0 Å². The lowest BCUT2D eigenvalue weighted by Crippen LogP contribution is -2.60. The van der Waals surface area contributed by atoms with Gasteiger partial charge in [-0.2, -0.15) is 0 Å². The minimum absolute atomic E-state index is 0.0350. The zero-order valence-electron chi connectivity index (χ0n) is 25.5. The molecule has 5 rings (SSSR count). The quantitative estimate of drug-likeness (QED) is 0.193. The number of rotatable bonds is 9. The van der Waals surface area contributed by atoms with Crippen LogP contribution in [0.5, 0.6) is 0 Å². The van der Waals surface area contributed by atoms with Crippen molar-refractivity contribution in [3.05, 3.63) is 77.6 Å². The van der Waals surface area contributed by atoms with Crippen molar-refractivity contribution in [2.45, 2.75) is 64.9 Å². The minimum atomic E-state index is -1.37. The lowest BCUT2D eigenvalue weighted by atomic mass is 9.97. The van der Waals surface area contributed by atoms with Gasteiger partial charge in [-0.05, 0) is 17.7 Å². The van der Waals surface area contributed by atoms with E-state index in [0.717, 1.165) is 31.9 Å². The Morgan fingerprint density at radius 3 is 2.13 bits per heavy atom. The molecule has 0 N–H and O–H groups in total. The number of nitrogens with zero attached hydrogens (tertiary/aromatic N) is 4. The summed E-state index contributed by atoms with van der Waals surface area (Å²) in [6, 6.07) is 16.9. The van der Waals surface area contributed by atoms with Crippen LogP contribution in [0, 0.1) is 0 Å². The summed E-state index contributed by atoms with van der Waals surface area (Å²) in [6.07, 6.45) is -3.13. The molecule has 3 heterocycles. The molecule has 2 aliphatic heterocycles. The van der Waals surface area contributed by atoms with E-state index in [1.807, 2.05) is 60.7 Å². The Kier molecular flexibility index (Phi) is 9.56. The first-order chi connectivity index (χ1) is 22.0. The van der Waals surface area contributed by atoms with Crippen molar-refractivity contribution >= 4 is 47.1 Å². The molecule has 3 aromatic rings. The van der Waals surface area contributed by atoms with Crippen LogP contribution in [-0.2, 0) is 54.2 Å². The van der Waals surface area contributed by atoms with Crippen LogP contribution in [0.2, 0.25) is 0 Å². The number of aromatic nitrogens is 3. The first-order valence-corrected chi connectivity index (χ1v) is 14.4. The number of benzene rings is 2. The van der Waals surface area contributed by atoms with Crippen LogP contribution in [0.4, 0.5) is 5.69 Å². The zero-order valence-corrected chi connectivity index (χ0v) is 25.5. The van der Waals surface area contributed by atoms with Gasteiger partial charge in [0.25, 0.3) is 5.91 Å². The summed E-state index contributed by atoms with van der Waals surface area (Å²) in [7, 11) is 0. The Morgan fingerprint density at radius 2 is 1.46 bits per heavy atom. The highest BCUT2D eigenvalue weighted by Crippen LogP contribution is 2.39. The predicted molar refractivity (Wildman–Crippen MR) is 159 cm³/mol. The number of carbonyl (C=O) groups excluding carboxylic acids is 5. The average molecular weight is 633 g/mol. The predicted octanol–water partition coefficient (Wildman–Crippen LogP) is 2.62. The fourth-order valence-electron chi connectivity index (χ4n) is 5.41. The molecule has 1 aromatic heterocycles. The van der Waals surface area contributed by atoms with Crippen molar-refractivity contribution < 1.29 is 47.7 Å². The van der Waals surface area contributed by atoms with Gasteiger partial charge in [0, 0.05) is 38.8 Å². The third-order valence-corrected chi connectivity index (χ3v) is 7.18. The summed E-state index contributed by atoms with van der Waals surface area (Å²) in [6.45, 7) is 4.27. The van der Waals surface area contributed by atoms with Gasteiger partial charge in [-0.3, -0.25) is 24.0 Å². The zero-order chi connectivity index (χ0) is 33.0. The summed E-state index contributed by atoms with van der Waals surface area (Å²) < 4.78 is 29.0. The molecular weight excluding hydrogens is 600 g/mol. The highest BCUT2D eigenvalue weighted by atomic mass is 16.7. The second-order valence-electron chi connectivity index (χ2n) is 10.7. The van der Waals surface area contributed by atoms with Crippen molar-refractivity contribution in [2.75, 3.05) is 11.5 Å². The van der Waals surface area contributed by atoms with E-state index in [0.29, 0.717) is 17.0 Å². The molecule has 0 aliphatic carbocycles. The monoisotopic (exact) mass is 632 g/mol. The lowest BCUT2D eigenvalue weighted by Gasteiger charge is -2.44. The number of amides is 1. The van der Waals surface area contributed by atoms with Crippen molar-refractivity contribution in [1.29, 1.82) is 0 Å². The van der Waals surface area contributed by atoms with Crippen molar-refractivity contribution in [2.24, 2.45) is 0 Å². The third kappa shape index (κ3) is 7.12. The molecule has 1 fully saturated rings. The number of ether oxygens (including phenoxy) is 5. The number of fused-ring (bicyclic) bond motifs is 1. The van der Waals surface area contributed by atoms with Crippen LogP contribution in [-0.4, -0.2) is 75.8 Å². The van der Waals surface area contributed by atoms with Crippen LogP contribution in [0.1, 0.15) is 50.7 Å². The van der Waals surface area contributed by atoms with E-state index in [1.54, 1.807) is 4.90 Å². The summed E-state index contributed by atoms with van der Waals surface area (Å²) in [4.78, 5) is 63.3. The highest BCUT2D eigenvalue weighted by Gasteiger charge is 2.53. The van der Waals surface area contributed by atoms with E-state index in [1.165, 1.54) is 17.8 Å². The number of hydrogen-bond acceptors (Lipinski definition) is 12. The number of esters is 4. The smallest absolute Gasteiger partial charge is 0.303 e. The van der Waals surface area contributed by atoms with Gasteiger partial charge < -0.3 is 28.6 Å². The summed E-state index contributed by atoms with van der Waals surface area (Å²) in [5.41, 5.74) is 3.21. The molecule has 5 atom stereocenters. The molecule has 240 valence electrons. The number of carbonyl (C=O) groups is 5. The molecule has 14 heteroatoms. The second-order valence-corrected chi connectivity index (χ2v) is 10.7. The van der Waals surface area contributed by atoms with E-state index in [9.17, 15) is 24.0 Å². The summed E-state index contributed by atoms with van der Waals surface area (Å²) in [5, 5.41) is 8.42. The molecule has 0 unspecified atom stereocenters. The molecule has 14 nitrogen and oxygen atoms in total. The molecule has 2 aromatic carbocycles. The van der Waals surface area contributed by atoms with Gasteiger partial charge >= 0.3 is 23.9 Å². The number of hydrogen-bond donors (Lipinski definition) is 0. The van der Waals surface area contributed by atoms with E-state index in [2.05, 4.69) is 10.3 Å². The topological polar surface area (TPSA) is 165 Å². The second kappa shape index (κ2) is 13.7. The molecule has 2 aliphatic rings. The Bertz CT molecular complexity index is 1670. The van der Waals surface area contributed by atoms with Gasteiger partial charge in [0.1, 0.15) is 18.4 Å². The van der Waals surface area contributed by atoms with Crippen LogP contribution in [0.15, 0.2) is 60.8 Å². The van der Waals surface area contributed by atoms with Crippen molar-refractivity contribution in [1.82, 2.24) is 15.0 Å². The molecule has 0 spiro atoms. The van der Waals surface area contributed by atoms with Crippen LogP contribution in [0.3, 0.4) is 0 Å². The van der Waals surface area contributed by atoms with Crippen molar-refractivity contribution in [3.63, 3.8) is 0 Å². The van der Waals surface area contributed by atoms with Gasteiger partial charge in [-0.25, -0.2) is 4.68 Å². The molecular formula is C32H32N4O10. The maximum Gasteiger partial charge on any atom is 0.303 e. The third-order valence-electron chi connectivity index (χ3n) is 7.18. The Labute approximate surface area is 263 Å². The number of anilines is 1. The van der Waals surface area contributed by atoms with Gasteiger partial charge in [-0.1, -0.05) is 53.7 Å². The van der Waals surface area contributed by atoms with Gasteiger partial charge in [-0.15, -0.1) is 5.10 Å². The van der Waals surface area contributed by atoms with Crippen LogP contribution in [0.25, 0.3) is 11.6 Å².